The molecule has 0 nitrogen and oxygen atoms in total. The highest BCUT2D eigenvalue weighted by molar-refractivity contribution is 8.46. The molecule has 0 fully saturated rings. The van der Waals surface area contributed by atoms with Gasteiger partial charge in [-0.2, -0.15) is 0 Å². The van der Waals surface area contributed by atoms with E-state index in [2.05, 4.69) is 0 Å². The van der Waals surface area contributed by atoms with E-state index in [1.165, 1.54) is 6.07 Å². The van der Waals surface area contributed by atoms with Gasteiger partial charge in [-0.3, -0.25) is 0 Å². The van der Waals surface area contributed by atoms with Gasteiger partial charge in [-0.05, 0) is 11.3 Å². The van der Waals surface area contributed by atoms with E-state index in [0.29, 0.717) is 6.07 Å². The first-order valence-corrected chi connectivity index (χ1v) is 8.50. The van der Waals surface area contributed by atoms with Crippen molar-refractivity contribution in [2.75, 3.05) is 0 Å². The van der Waals surface area contributed by atoms with Crippen LogP contribution in [0.5, 0.6) is 0 Å². The fourth-order valence-electron chi connectivity index (χ4n) is 1.22. The molecule has 0 amide bonds. The molecule has 0 aliphatic rings. The summed E-state index contributed by atoms with van der Waals surface area (Å²) in [6.07, 6.45) is 0. The summed E-state index contributed by atoms with van der Waals surface area (Å²) in [6, 6.07) is 3.93. The van der Waals surface area contributed by atoms with Gasteiger partial charge in [-0.1, -0.05) is 50.7 Å². The minimum absolute atomic E-state index is 0.262. The summed E-state index contributed by atoms with van der Waals surface area (Å²) in [5.74, 6) is 0. The van der Waals surface area contributed by atoms with Gasteiger partial charge in [-0.25, -0.2) is 0 Å². The Morgan fingerprint density at radius 2 is 1.40 bits per heavy atom. The first-order chi connectivity index (χ1) is 6.41. The van der Waals surface area contributed by atoms with Crippen molar-refractivity contribution < 1.29 is 19.4 Å². The van der Waals surface area contributed by atoms with Crippen LogP contribution >= 0.6 is 10.2 Å². The maximum atomic E-state index is 12.6. The first kappa shape index (κ1) is 12.5. The largest absolute Gasteiger partial charge is 0.310 e. The third-order valence-corrected chi connectivity index (χ3v) is 4.72. The molecule has 1 radical (unpaired) electrons. The molecular formula is C8H10F5SSi. The van der Waals surface area contributed by atoms with Crippen molar-refractivity contribution in [3.05, 3.63) is 24.3 Å². The number of rotatable bonds is 2. The van der Waals surface area contributed by atoms with Crippen LogP contribution in [-0.4, -0.2) is 8.80 Å². The van der Waals surface area contributed by atoms with Gasteiger partial charge in [0.1, 0.15) is 4.90 Å². The fourth-order valence-corrected chi connectivity index (χ4v) is 4.23. The lowest BCUT2D eigenvalue weighted by Gasteiger charge is -2.42. The average Bonchev–Trinajstić information content (AvgIpc) is 2.00. The van der Waals surface area contributed by atoms with Crippen molar-refractivity contribution in [2.45, 2.75) is 18.0 Å². The summed E-state index contributed by atoms with van der Waals surface area (Å²) in [4.78, 5) is -1.73. The minimum atomic E-state index is -9.52. The van der Waals surface area contributed by atoms with E-state index in [4.69, 9.17) is 0 Å². The third kappa shape index (κ3) is 2.94. The zero-order chi connectivity index (χ0) is 12.0. The van der Waals surface area contributed by atoms with Crippen LogP contribution in [0.15, 0.2) is 29.2 Å². The Morgan fingerprint density at radius 3 is 1.73 bits per heavy atom. The van der Waals surface area contributed by atoms with E-state index in [1.54, 1.807) is 13.1 Å². The van der Waals surface area contributed by atoms with E-state index in [9.17, 15) is 19.4 Å². The first-order valence-electron chi connectivity index (χ1n) is 4.05. The SMILES string of the molecule is C[Si](C)c1ccccc1S(F)(F)(F)(F)F. The lowest BCUT2D eigenvalue weighted by atomic mass is 10.4. The van der Waals surface area contributed by atoms with Crippen molar-refractivity contribution in [1.29, 1.82) is 0 Å². The zero-order valence-corrected chi connectivity index (χ0v) is 9.92. The van der Waals surface area contributed by atoms with Crippen molar-refractivity contribution >= 4 is 24.2 Å². The predicted octanol–water partition coefficient (Wildman–Crippen LogP) is 4.31. The molecule has 87 valence electrons. The smallest absolute Gasteiger partial charge is 0.0936 e. The van der Waals surface area contributed by atoms with Crippen LogP contribution in [0.25, 0.3) is 0 Å². The van der Waals surface area contributed by atoms with E-state index < -0.39 is 23.9 Å². The molecule has 1 aromatic rings. The van der Waals surface area contributed by atoms with Gasteiger partial charge in [0.15, 0.2) is 0 Å². The van der Waals surface area contributed by atoms with Gasteiger partial charge >= 0.3 is 10.2 Å². The van der Waals surface area contributed by atoms with Crippen LogP contribution in [0.3, 0.4) is 0 Å². The van der Waals surface area contributed by atoms with Crippen LogP contribution in [0, 0.1) is 0 Å². The second-order valence-electron chi connectivity index (χ2n) is 3.47. The molecule has 15 heavy (non-hydrogen) atoms. The molecule has 0 aromatic heterocycles. The Hall–Kier alpha value is -0.563. The topological polar surface area (TPSA) is 0 Å². The monoisotopic (exact) mass is 261 g/mol. The Labute approximate surface area is 86.4 Å². The van der Waals surface area contributed by atoms with Crippen LogP contribution in [0.1, 0.15) is 0 Å². The highest BCUT2D eigenvalue weighted by Crippen LogP contribution is 3.01. The van der Waals surface area contributed by atoms with Crippen LogP contribution in [-0.2, 0) is 0 Å². The highest BCUT2D eigenvalue weighted by Gasteiger charge is 2.66. The second kappa shape index (κ2) is 2.76. The van der Waals surface area contributed by atoms with E-state index in [-0.39, 0.29) is 5.19 Å². The van der Waals surface area contributed by atoms with Crippen molar-refractivity contribution in [3.63, 3.8) is 0 Å². The van der Waals surface area contributed by atoms with Crippen molar-refractivity contribution in [2.24, 2.45) is 0 Å². The van der Waals surface area contributed by atoms with Crippen molar-refractivity contribution in [1.82, 2.24) is 0 Å². The maximum absolute atomic E-state index is 12.6. The Kier molecular flexibility index (Phi) is 2.30. The molecule has 0 aliphatic carbocycles. The fraction of sp³-hybridized carbons (Fsp3) is 0.250. The van der Waals surface area contributed by atoms with Gasteiger partial charge < -0.3 is 0 Å². The number of benzene rings is 1. The molecule has 0 bridgehead atoms. The second-order valence-corrected chi connectivity index (χ2v) is 8.38. The van der Waals surface area contributed by atoms with E-state index in [1.807, 2.05) is 0 Å². The Bertz CT molecular complexity index is 382. The molecule has 0 heterocycles. The molecule has 0 unspecified atom stereocenters. The lowest BCUT2D eigenvalue weighted by Crippen LogP contribution is -2.29. The lowest BCUT2D eigenvalue weighted by molar-refractivity contribution is 0.365. The van der Waals surface area contributed by atoms with Crippen molar-refractivity contribution in [3.8, 4) is 0 Å². The molecule has 1 rings (SSSR count). The summed E-state index contributed by atoms with van der Waals surface area (Å²) in [7, 11) is -11.1. The predicted molar refractivity (Wildman–Crippen MR) is 55.0 cm³/mol. The summed E-state index contributed by atoms with van der Waals surface area (Å²) < 4.78 is 62.9. The highest BCUT2D eigenvalue weighted by atomic mass is 32.5. The molecule has 0 aliphatic heterocycles. The number of halogens is 5. The molecule has 0 spiro atoms. The molecule has 1 aromatic carbocycles. The van der Waals surface area contributed by atoms with Gasteiger partial charge in [-0.15, -0.1) is 0 Å². The summed E-state index contributed by atoms with van der Waals surface area (Å²) in [5, 5.41) is -0.262. The molecule has 0 N–H and O–H groups in total. The summed E-state index contributed by atoms with van der Waals surface area (Å²) in [6.45, 7) is 3.10. The number of hydrogen-bond acceptors (Lipinski definition) is 0. The van der Waals surface area contributed by atoms with E-state index in [0.717, 1.165) is 12.1 Å². The summed E-state index contributed by atoms with van der Waals surface area (Å²) in [5.41, 5.74) is 0. The van der Waals surface area contributed by atoms with E-state index >= 15 is 0 Å². The van der Waals surface area contributed by atoms with Crippen LogP contribution in [0.4, 0.5) is 19.4 Å². The third-order valence-electron chi connectivity index (χ3n) is 1.84. The maximum Gasteiger partial charge on any atom is 0.310 e. The molecule has 7 heteroatoms. The zero-order valence-electron chi connectivity index (χ0n) is 8.11. The van der Waals surface area contributed by atoms with Crippen LogP contribution in [0.2, 0.25) is 13.1 Å². The Balaban J connectivity index is 3.54. The molecular weight excluding hydrogens is 251 g/mol. The van der Waals surface area contributed by atoms with Gasteiger partial charge in [0.25, 0.3) is 0 Å². The molecule has 0 saturated heterocycles. The minimum Gasteiger partial charge on any atom is -0.0936 e. The number of hydrogen-bond donors (Lipinski definition) is 0. The average molecular weight is 261 g/mol. The quantitative estimate of drug-likeness (QED) is 0.550. The molecule has 0 atom stereocenters. The Morgan fingerprint density at radius 1 is 0.933 bits per heavy atom. The normalized spacial score (nSPS) is 17.3. The van der Waals surface area contributed by atoms with Gasteiger partial charge in [0, 0.05) is 0 Å². The van der Waals surface area contributed by atoms with Crippen LogP contribution < -0.4 is 5.19 Å². The molecule has 0 saturated carbocycles. The summed E-state index contributed by atoms with van der Waals surface area (Å²) >= 11 is 0. The van der Waals surface area contributed by atoms with Gasteiger partial charge in [0.05, 0.1) is 8.80 Å². The van der Waals surface area contributed by atoms with Gasteiger partial charge in [0.2, 0.25) is 0 Å². The standard InChI is InChI=1S/C8H10F5SSi/c1-15(2)8-6-4-3-5-7(8)14(9,10,11,12)13/h3-6H,1-2H3.